The van der Waals surface area contributed by atoms with E-state index in [1.807, 2.05) is 19.1 Å². The van der Waals surface area contributed by atoms with Crippen molar-refractivity contribution in [2.45, 2.75) is 57.6 Å². The number of benzene rings is 1. The number of rotatable bonds is 5. The Labute approximate surface area is 149 Å². The Morgan fingerprint density at radius 2 is 2.08 bits per heavy atom. The molecule has 1 aromatic carbocycles. The molecule has 0 radical (unpaired) electrons. The molecular weight excluding hydrogens is 318 g/mol. The van der Waals surface area contributed by atoms with Crippen molar-refractivity contribution in [1.82, 2.24) is 4.90 Å². The Hall–Kier alpha value is -1.88. The van der Waals surface area contributed by atoms with Gasteiger partial charge in [-0.05, 0) is 62.8 Å². The van der Waals surface area contributed by atoms with Gasteiger partial charge in [-0.1, -0.05) is 0 Å². The number of methoxy groups -OCH3 is 1. The molecule has 0 N–H and O–H groups in total. The summed E-state index contributed by atoms with van der Waals surface area (Å²) >= 11 is 0. The summed E-state index contributed by atoms with van der Waals surface area (Å²) in [5.74, 6) is 0.847. The highest BCUT2D eigenvalue weighted by atomic mass is 16.5. The van der Waals surface area contributed by atoms with Crippen LogP contribution in [0.3, 0.4) is 0 Å². The van der Waals surface area contributed by atoms with E-state index in [0.29, 0.717) is 18.5 Å². The Morgan fingerprint density at radius 1 is 1.24 bits per heavy atom. The Balaban J connectivity index is 1.68. The van der Waals surface area contributed by atoms with Crippen LogP contribution in [0.2, 0.25) is 0 Å². The largest absolute Gasteiger partial charge is 0.496 e. The van der Waals surface area contributed by atoms with Gasteiger partial charge >= 0.3 is 0 Å². The van der Waals surface area contributed by atoms with Gasteiger partial charge in [0.05, 0.1) is 25.7 Å². The number of carbonyl (C=O) groups is 2. The summed E-state index contributed by atoms with van der Waals surface area (Å²) in [6, 6.07) is 5.12. The van der Waals surface area contributed by atoms with Gasteiger partial charge in [0.1, 0.15) is 5.75 Å². The van der Waals surface area contributed by atoms with E-state index in [-0.39, 0.29) is 23.8 Å². The second kappa shape index (κ2) is 8.00. The zero-order valence-corrected chi connectivity index (χ0v) is 15.1. The molecule has 0 saturated carbocycles. The molecular formula is C20H27NO4. The molecule has 0 spiro atoms. The zero-order chi connectivity index (χ0) is 17.8. The van der Waals surface area contributed by atoms with Crippen LogP contribution in [0, 0.1) is 6.92 Å². The molecule has 3 rings (SSSR count). The summed E-state index contributed by atoms with van der Waals surface area (Å²) in [5.41, 5.74) is 1.58. The molecule has 2 heterocycles. The number of Topliss-reactive ketones (excluding diaryl/α,β-unsaturated/α-hetero) is 1. The van der Waals surface area contributed by atoms with Crippen molar-refractivity contribution >= 4 is 11.7 Å². The highest BCUT2D eigenvalue weighted by molar-refractivity contribution is 6.02. The summed E-state index contributed by atoms with van der Waals surface area (Å²) in [5, 5.41) is 0. The molecule has 5 nitrogen and oxygen atoms in total. The minimum atomic E-state index is -0.344. The standard InChI is InChI=1S/C20H27NO4/c1-14-12-15(8-9-18(14)24-2)20(23)17-7-5-10-21(17)19(22)13-16-6-3-4-11-25-16/h8-9,12,16-17H,3-7,10-11,13H2,1-2H3. The maximum absolute atomic E-state index is 12.9. The van der Waals surface area contributed by atoms with Crippen LogP contribution in [0.15, 0.2) is 18.2 Å². The third-order valence-electron chi connectivity index (χ3n) is 5.23. The SMILES string of the molecule is COc1ccc(C(=O)C2CCCN2C(=O)CC2CCCCO2)cc1C. The molecule has 2 unspecified atom stereocenters. The first kappa shape index (κ1) is 17.9. The fourth-order valence-electron chi connectivity index (χ4n) is 3.84. The van der Waals surface area contributed by atoms with Crippen LogP contribution in [0.1, 0.15) is 54.4 Å². The summed E-state index contributed by atoms with van der Waals surface area (Å²) in [4.78, 5) is 27.4. The number of ketones is 1. The quantitative estimate of drug-likeness (QED) is 0.770. The summed E-state index contributed by atoms with van der Waals surface area (Å²) in [6.07, 6.45) is 5.16. The predicted molar refractivity (Wildman–Crippen MR) is 95.0 cm³/mol. The molecule has 2 saturated heterocycles. The van der Waals surface area contributed by atoms with E-state index in [2.05, 4.69) is 0 Å². The third-order valence-corrected chi connectivity index (χ3v) is 5.23. The lowest BCUT2D eigenvalue weighted by molar-refractivity contribution is -0.135. The van der Waals surface area contributed by atoms with Crippen molar-refractivity contribution in [2.24, 2.45) is 0 Å². The van der Waals surface area contributed by atoms with Gasteiger partial charge in [0.15, 0.2) is 5.78 Å². The first-order chi connectivity index (χ1) is 12.1. The van der Waals surface area contributed by atoms with E-state index in [0.717, 1.165) is 50.0 Å². The maximum atomic E-state index is 12.9. The second-order valence-electron chi connectivity index (χ2n) is 6.99. The van der Waals surface area contributed by atoms with Gasteiger partial charge in [0.2, 0.25) is 5.91 Å². The van der Waals surface area contributed by atoms with Gasteiger partial charge in [0, 0.05) is 18.7 Å². The number of nitrogens with zero attached hydrogens (tertiary/aromatic N) is 1. The monoisotopic (exact) mass is 345 g/mol. The fourth-order valence-corrected chi connectivity index (χ4v) is 3.84. The van der Waals surface area contributed by atoms with E-state index in [1.54, 1.807) is 18.1 Å². The van der Waals surface area contributed by atoms with Gasteiger partial charge in [-0.3, -0.25) is 9.59 Å². The first-order valence-corrected chi connectivity index (χ1v) is 9.20. The lowest BCUT2D eigenvalue weighted by Crippen LogP contribution is -2.42. The highest BCUT2D eigenvalue weighted by Crippen LogP contribution is 2.26. The molecule has 136 valence electrons. The molecule has 2 fully saturated rings. The molecule has 2 atom stereocenters. The summed E-state index contributed by atoms with van der Waals surface area (Å²) in [7, 11) is 1.62. The van der Waals surface area contributed by atoms with Gasteiger partial charge in [0.25, 0.3) is 0 Å². The van der Waals surface area contributed by atoms with E-state index in [1.165, 1.54) is 0 Å². The van der Waals surface area contributed by atoms with Crippen LogP contribution < -0.4 is 4.74 Å². The van der Waals surface area contributed by atoms with E-state index >= 15 is 0 Å². The molecule has 0 aromatic heterocycles. The van der Waals surface area contributed by atoms with Crippen LogP contribution in [-0.4, -0.2) is 49.0 Å². The van der Waals surface area contributed by atoms with E-state index < -0.39 is 0 Å². The van der Waals surface area contributed by atoms with E-state index in [9.17, 15) is 9.59 Å². The summed E-state index contributed by atoms with van der Waals surface area (Å²) in [6.45, 7) is 3.33. The van der Waals surface area contributed by atoms with Crippen molar-refractivity contribution < 1.29 is 19.1 Å². The Kier molecular flexibility index (Phi) is 5.74. The minimum absolute atomic E-state index is 0.0147. The molecule has 5 heteroatoms. The average Bonchev–Trinajstić information content (AvgIpc) is 3.11. The van der Waals surface area contributed by atoms with E-state index in [4.69, 9.17) is 9.47 Å². The van der Waals surface area contributed by atoms with Crippen LogP contribution >= 0.6 is 0 Å². The predicted octanol–water partition coefficient (Wildman–Crippen LogP) is 3.14. The van der Waals surface area contributed by atoms with Crippen molar-refractivity contribution in [2.75, 3.05) is 20.3 Å². The fraction of sp³-hybridized carbons (Fsp3) is 0.600. The number of hydrogen-bond donors (Lipinski definition) is 0. The molecule has 2 aliphatic heterocycles. The van der Waals surface area contributed by atoms with Crippen molar-refractivity contribution in [3.05, 3.63) is 29.3 Å². The molecule has 0 bridgehead atoms. The van der Waals surface area contributed by atoms with Crippen LogP contribution in [0.5, 0.6) is 5.75 Å². The first-order valence-electron chi connectivity index (χ1n) is 9.20. The lowest BCUT2D eigenvalue weighted by atomic mass is 9.99. The van der Waals surface area contributed by atoms with Crippen molar-refractivity contribution in [3.8, 4) is 5.75 Å². The van der Waals surface area contributed by atoms with Crippen LogP contribution in [0.4, 0.5) is 0 Å². The molecule has 2 aliphatic rings. The maximum Gasteiger partial charge on any atom is 0.225 e. The summed E-state index contributed by atoms with van der Waals surface area (Å²) < 4.78 is 10.9. The molecule has 1 amide bonds. The average molecular weight is 345 g/mol. The minimum Gasteiger partial charge on any atom is -0.496 e. The lowest BCUT2D eigenvalue weighted by Gasteiger charge is -2.28. The normalized spacial score (nSPS) is 23.5. The molecule has 1 aromatic rings. The number of amides is 1. The van der Waals surface area contributed by atoms with Crippen LogP contribution in [-0.2, 0) is 9.53 Å². The third kappa shape index (κ3) is 4.03. The van der Waals surface area contributed by atoms with Gasteiger partial charge in [-0.15, -0.1) is 0 Å². The van der Waals surface area contributed by atoms with Gasteiger partial charge < -0.3 is 14.4 Å². The molecule has 0 aliphatic carbocycles. The Bertz CT molecular complexity index is 637. The van der Waals surface area contributed by atoms with Crippen LogP contribution in [0.25, 0.3) is 0 Å². The molecule has 25 heavy (non-hydrogen) atoms. The topological polar surface area (TPSA) is 55.8 Å². The van der Waals surface area contributed by atoms with Gasteiger partial charge in [-0.25, -0.2) is 0 Å². The van der Waals surface area contributed by atoms with Gasteiger partial charge in [-0.2, -0.15) is 0 Å². The van der Waals surface area contributed by atoms with Crippen molar-refractivity contribution in [1.29, 1.82) is 0 Å². The van der Waals surface area contributed by atoms with Crippen molar-refractivity contribution in [3.63, 3.8) is 0 Å². The number of ether oxygens (including phenoxy) is 2. The Morgan fingerprint density at radius 3 is 2.76 bits per heavy atom. The number of aryl methyl sites for hydroxylation is 1. The highest BCUT2D eigenvalue weighted by Gasteiger charge is 2.35. The number of hydrogen-bond acceptors (Lipinski definition) is 4. The zero-order valence-electron chi connectivity index (χ0n) is 15.1. The second-order valence-corrected chi connectivity index (χ2v) is 6.99. The number of carbonyl (C=O) groups excluding carboxylic acids is 2. The smallest absolute Gasteiger partial charge is 0.225 e. The number of likely N-dealkylation sites (tertiary alicyclic amines) is 1.